The number of carbonyl (C=O) groups excluding carboxylic acids is 2. The van der Waals surface area contributed by atoms with Crippen LogP contribution in [-0.2, 0) is 4.79 Å². The maximum atomic E-state index is 12.2. The van der Waals surface area contributed by atoms with E-state index in [-0.39, 0.29) is 17.8 Å². The van der Waals surface area contributed by atoms with Gasteiger partial charge in [0, 0.05) is 5.92 Å². The molecule has 0 radical (unpaired) electrons. The molecule has 1 aliphatic rings. The molecule has 1 amide bonds. The highest BCUT2D eigenvalue weighted by molar-refractivity contribution is 5.91. The predicted octanol–water partition coefficient (Wildman–Crippen LogP) is 4.24. The molecule has 5 nitrogen and oxygen atoms in total. The van der Waals surface area contributed by atoms with E-state index in [1.54, 1.807) is 42.6 Å². The fourth-order valence-corrected chi connectivity index (χ4v) is 3.19. The summed E-state index contributed by atoms with van der Waals surface area (Å²) in [5, 5.41) is 4.03. The first-order chi connectivity index (χ1) is 13.1. The van der Waals surface area contributed by atoms with E-state index in [0.29, 0.717) is 11.3 Å². The van der Waals surface area contributed by atoms with Gasteiger partial charge in [-0.25, -0.2) is 10.2 Å². The van der Waals surface area contributed by atoms with Crippen LogP contribution >= 0.6 is 0 Å². The second kappa shape index (κ2) is 9.12. The minimum absolute atomic E-state index is 0.00495. The van der Waals surface area contributed by atoms with E-state index < -0.39 is 0 Å². The Balaban J connectivity index is 1.52. The van der Waals surface area contributed by atoms with Gasteiger partial charge in [-0.15, -0.1) is 0 Å². The van der Waals surface area contributed by atoms with Crippen LogP contribution in [0.3, 0.4) is 0 Å². The Morgan fingerprint density at radius 2 is 1.81 bits per heavy atom. The van der Waals surface area contributed by atoms with Gasteiger partial charge in [-0.2, -0.15) is 5.10 Å². The van der Waals surface area contributed by atoms with Gasteiger partial charge in [0.2, 0.25) is 5.91 Å². The van der Waals surface area contributed by atoms with Crippen molar-refractivity contribution in [2.75, 3.05) is 0 Å². The highest BCUT2D eigenvalue weighted by Crippen LogP contribution is 2.23. The number of benzene rings is 2. The number of ether oxygens (including phenoxy) is 1. The van der Waals surface area contributed by atoms with Crippen molar-refractivity contribution < 1.29 is 14.3 Å². The summed E-state index contributed by atoms with van der Waals surface area (Å²) in [6.45, 7) is 1.93. The zero-order chi connectivity index (χ0) is 19.1. The van der Waals surface area contributed by atoms with Crippen LogP contribution in [0.15, 0.2) is 53.6 Å². The van der Waals surface area contributed by atoms with Crippen LogP contribution in [0.1, 0.15) is 53.6 Å². The molecule has 2 aromatic rings. The Morgan fingerprint density at radius 3 is 2.52 bits per heavy atom. The standard InChI is InChI=1S/C22H24N2O3/c1-16-6-5-9-19(14-16)22(26)27-20-12-10-17(11-13-20)15-23-24-21(25)18-7-3-2-4-8-18/h5-6,9-15,18H,2-4,7-8H2,1H3,(H,24,25)/b23-15-. The Labute approximate surface area is 159 Å². The molecule has 3 rings (SSSR count). The third-order valence-electron chi connectivity index (χ3n) is 4.71. The lowest BCUT2D eigenvalue weighted by Gasteiger charge is -2.19. The van der Waals surface area contributed by atoms with Crippen LogP contribution in [0, 0.1) is 12.8 Å². The molecule has 1 fully saturated rings. The predicted molar refractivity (Wildman–Crippen MR) is 105 cm³/mol. The van der Waals surface area contributed by atoms with Crippen molar-refractivity contribution in [1.82, 2.24) is 5.43 Å². The molecular formula is C22H24N2O3. The zero-order valence-electron chi connectivity index (χ0n) is 15.5. The summed E-state index contributed by atoms with van der Waals surface area (Å²) in [7, 11) is 0. The van der Waals surface area contributed by atoms with Gasteiger partial charge >= 0.3 is 5.97 Å². The van der Waals surface area contributed by atoms with Gasteiger partial charge in [-0.3, -0.25) is 4.79 Å². The summed E-state index contributed by atoms with van der Waals surface area (Å²) in [6.07, 6.45) is 6.93. The average Bonchev–Trinajstić information content (AvgIpc) is 2.70. The Kier molecular flexibility index (Phi) is 6.36. The smallest absolute Gasteiger partial charge is 0.343 e. The van der Waals surface area contributed by atoms with E-state index in [4.69, 9.17) is 4.74 Å². The number of hydrogen-bond acceptors (Lipinski definition) is 4. The first kappa shape index (κ1) is 18.8. The highest BCUT2D eigenvalue weighted by atomic mass is 16.5. The summed E-state index contributed by atoms with van der Waals surface area (Å²) in [5.41, 5.74) is 4.96. The molecule has 27 heavy (non-hydrogen) atoms. The molecule has 0 aromatic heterocycles. The normalized spacial score (nSPS) is 14.9. The quantitative estimate of drug-likeness (QED) is 0.373. The van der Waals surface area contributed by atoms with Gasteiger partial charge in [0.15, 0.2) is 0 Å². The summed E-state index contributed by atoms with van der Waals surface area (Å²) in [4.78, 5) is 24.2. The molecule has 0 atom stereocenters. The lowest BCUT2D eigenvalue weighted by molar-refractivity contribution is -0.125. The monoisotopic (exact) mass is 364 g/mol. The largest absolute Gasteiger partial charge is 0.423 e. The van der Waals surface area contributed by atoms with Crippen LogP contribution in [0.2, 0.25) is 0 Å². The average molecular weight is 364 g/mol. The van der Waals surface area contributed by atoms with E-state index >= 15 is 0 Å². The minimum atomic E-state index is -0.389. The van der Waals surface area contributed by atoms with Gasteiger partial charge in [-0.05, 0) is 61.7 Å². The van der Waals surface area contributed by atoms with Crippen molar-refractivity contribution >= 4 is 18.1 Å². The lowest BCUT2D eigenvalue weighted by atomic mass is 9.89. The van der Waals surface area contributed by atoms with E-state index in [0.717, 1.165) is 36.8 Å². The van der Waals surface area contributed by atoms with Crippen molar-refractivity contribution in [2.45, 2.75) is 39.0 Å². The van der Waals surface area contributed by atoms with Gasteiger partial charge in [-0.1, -0.05) is 37.0 Å². The third-order valence-corrected chi connectivity index (χ3v) is 4.71. The summed E-state index contributed by atoms with van der Waals surface area (Å²) >= 11 is 0. The number of aryl methyl sites for hydroxylation is 1. The van der Waals surface area contributed by atoms with Crippen molar-refractivity contribution in [3.8, 4) is 5.75 Å². The van der Waals surface area contributed by atoms with Crippen molar-refractivity contribution in [2.24, 2.45) is 11.0 Å². The lowest BCUT2D eigenvalue weighted by Crippen LogP contribution is -2.28. The second-order valence-corrected chi connectivity index (χ2v) is 6.90. The number of carbonyl (C=O) groups is 2. The maximum Gasteiger partial charge on any atom is 0.343 e. The topological polar surface area (TPSA) is 67.8 Å². The van der Waals surface area contributed by atoms with Crippen LogP contribution in [0.4, 0.5) is 0 Å². The number of hydrogen-bond donors (Lipinski definition) is 1. The molecular weight excluding hydrogens is 340 g/mol. The molecule has 0 aliphatic heterocycles. The molecule has 0 saturated heterocycles. The second-order valence-electron chi connectivity index (χ2n) is 6.90. The van der Waals surface area contributed by atoms with Crippen LogP contribution in [0.5, 0.6) is 5.75 Å². The summed E-state index contributed by atoms with van der Waals surface area (Å²) < 4.78 is 5.38. The minimum Gasteiger partial charge on any atom is -0.423 e. The highest BCUT2D eigenvalue weighted by Gasteiger charge is 2.20. The number of rotatable bonds is 5. The number of amides is 1. The van der Waals surface area contributed by atoms with Gasteiger partial charge in [0.05, 0.1) is 11.8 Å². The molecule has 1 saturated carbocycles. The molecule has 1 aliphatic carbocycles. The van der Waals surface area contributed by atoms with E-state index in [2.05, 4.69) is 10.5 Å². The van der Waals surface area contributed by atoms with Crippen LogP contribution in [-0.4, -0.2) is 18.1 Å². The molecule has 1 N–H and O–H groups in total. The molecule has 0 spiro atoms. The number of esters is 1. The van der Waals surface area contributed by atoms with Gasteiger partial charge in [0.25, 0.3) is 0 Å². The molecule has 0 unspecified atom stereocenters. The molecule has 5 heteroatoms. The van der Waals surface area contributed by atoms with Gasteiger partial charge in [0.1, 0.15) is 5.75 Å². The van der Waals surface area contributed by atoms with Crippen molar-refractivity contribution in [3.05, 3.63) is 65.2 Å². The number of nitrogens with one attached hydrogen (secondary N) is 1. The third kappa shape index (κ3) is 5.51. The molecule has 140 valence electrons. The van der Waals surface area contributed by atoms with E-state index in [9.17, 15) is 9.59 Å². The molecule has 0 bridgehead atoms. The van der Waals surface area contributed by atoms with Crippen molar-refractivity contribution in [3.63, 3.8) is 0 Å². The van der Waals surface area contributed by atoms with Crippen LogP contribution < -0.4 is 10.2 Å². The van der Waals surface area contributed by atoms with Crippen LogP contribution in [0.25, 0.3) is 0 Å². The van der Waals surface area contributed by atoms with Gasteiger partial charge < -0.3 is 4.74 Å². The maximum absolute atomic E-state index is 12.2. The molecule has 2 aromatic carbocycles. The number of nitrogens with zero attached hydrogens (tertiary/aromatic N) is 1. The Bertz CT molecular complexity index is 822. The fourth-order valence-electron chi connectivity index (χ4n) is 3.19. The SMILES string of the molecule is Cc1cccc(C(=O)Oc2ccc(/C=N\NC(=O)C3CCCCC3)cc2)c1. The first-order valence-electron chi connectivity index (χ1n) is 9.33. The van der Waals surface area contributed by atoms with Crippen molar-refractivity contribution in [1.29, 1.82) is 0 Å². The molecule has 0 heterocycles. The van der Waals surface area contributed by atoms with E-state index in [1.165, 1.54) is 6.42 Å². The number of hydrazone groups is 1. The zero-order valence-corrected chi connectivity index (χ0v) is 15.5. The fraction of sp³-hybridized carbons (Fsp3) is 0.318. The first-order valence-corrected chi connectivity index (χ1v) is 9.33. The summed E-state index contributed by atoms with van der Waals surface area (Å²) in [6, 6.07) is 14.3. The summed E-state index contributed by atoms with van der Waals surface area (Å²) in [5.74, 6) is 0.152. The van der Waals surface area contributed by atoms with E-state index in [1.807, 2.05) is 19.1 Å². The Morgan fingerprint density at radius 1 is 1.07 bits per heavy atom. The Hall–Kier alpha value is -2.95.